The first-order valence-corrected chi connectivity index (χ1v) is 29.1. The maximum absolute atomic E-state index is 14.7. The summed E-state index contributed by atoms with van der Waals surface area (Å²) in [5, 5.41) is 33.6. The van der Waals surface area contributed by atoms with E-state index in [1.165, 1.54) is 4.90 Å². The van der Waals surface area contributed by atoms with E-state index >= 15 is 0 Å². The number of cyclic esters (lactones) is 1. The summed E-state index contributed by atoms with van der Waals surface area (Å²) in [5.41, 5.74) is 1.58. The van der Waals surface area contributed by atoms with Gasteiger partial charge in [0.2, 0.25) is 5.79 Å². The summed E-state index contributed by atoms with van der Waals surface area (Å²) in [6, 6.07) is -1.13. The molecule has 4 aliphatic rings. The van der Waals surface area contributed by atoms with Crippen LogP contribution in [0.2, 0.25) is 0 Å². The molecule has 14 atom stereocenters. The average molecular weight is 1150 g/mol. The Balaban J connectivity index is 1.75. The Hall–Kier alpha value is -2.61. The van der Waals surface area contributed by atoms with E-state index in [1.54, 1.807) is 41.1 Å². The Morgan fingerprint density at radius 3 is 2.31 bits per heavy atom. The Bertz CT molecular complexity index is 2000. The second-order valence-electron chi connectivity index (χ2n) is 22.6. The van der Waals surface area contributed by atoms with Crippen molar-refractivity contribution in [3.8, 4) is 0 Å². The van der Waals surface area contributed by atoms with Crippen LogP contribution in [0.4, 0.5) is 0 Å². The fourth-order valence-corrected chi connectivity index (χ4v) is 11.8. The maximum Gasteiger partial charge on any atom is 0.329 e. The van der Waals surface area contributed by atoms with Crippen molar-refractivity contribution in [2.75, 3.05) is 45.0 Å². The fourth-order valence-electron chi connectivity index (χ4n) is 11.5. The molecule has 4 rings (SSSR count). The number of carbonyl (C=O) groups excluding carboxylic acids is 4. The van der Waals surface area contributed by atoms with E-state index in [-0.39, 0.29) is 55.6 Å². The molecule has 14 nitrogen and oxygen atoms in total. The number of ketones is 2. The van der Waals surface area contributed by atoms with Crippen molar-refractivity contribution in [2.24, 2.45) is 29.6 Å². The third-order valence-corrected chi connectivity index (χ3v) is 17.5. The highest BCUT2D eigenvalue weighted by Gasteiger charge is 2.53. The number of amides is 1. The number of halogens is 1. The van der Waals surface area contributed by atoms with E-state index in [2.05, 4.69) is 43.0 Å². The van der Waals surface area contributed by atoms with E-state index < -0.39 is 76.9 Å². The van der Waals surface area contributed by atoms with Crippen LogP contribution in [0.1, 0.15) is 159 Å². The van der Waals surface area contributed by atoms with E-state index in [0.717, 1.165) is 41.3 Å². The molecule has 420 valence electrons. The summed E-state index contributed by atoms with van der Waals surface area (Å²) in [5.74, 6) is -7.09. The molecule has 4 unspecified atom stereocenters. The summed E-state index contributed by atoms with van der Waals surface area (Å²) in [6.45, 7) is 22.8. The van der Waals surface area contributed by atoms with Gasteiger partial charge in [-0.3, -0.25) is 14.4 Å². The molecular weight excluding hydrogens is 1060 g/mol. The third-order valence-electron chi connectivity index (χ3n) is 16.7. The number of hydrogen-bond acceptors (Lipinski definition) is 13. The molecule has 0 aromatic carbocycles. The second-order valence-corrected chi connectivity index (χ2v) is 23.6. The lowest BCUT2D eigenvalue weighted by Gasteiger charge is -2.44. The largest absolute Gasteiger partial charge is 0.460 e. The quantitative estimate of drug-likeness (QED) is 0.0373. The Labute approximate surface area is 457 Å². The lowest BCUT2D eigenvalue weighted by atomic mass is 9.73. The van der Waals surface area contributed by atoms with Crippen molar-refractivity contribution >= 4 is 46.0 Å². The van der Waals surface area contributed by atoms with Crippen molar-refractivity contribution in [1.82, 2.24) is 4.90 Å². The summed E-state index contributed by atoms with van der Waals surface area (Å²) < 4.78 is 38.6. The second kappa shape index (κ2) is 29.9. The topological polar surface area (TPSA) is 188 Å². The lowest BCUT2D eigenvalue weighted by Crippen LogP contribution is -2.61. The van der Waals surface area contributed by atoms with E-state index in [9.17, 15) is 34.5 Å². The zero-order valence-corrected chi connectivity index (χ0v) is 49.0. The number of Topliss-reactive ketones (excluding diaryl/α,β-unsaturated/α-hetero) is 2. The van der Waals surface area contributed by atoms with Gasteiger partial charge in [-0.1, -0.05) is 92.8 Å². The molecule has 74 heavy (non-hydrogen) atoms. The minimum Gasteiger partial charge on any atom is -0.460 e. The predicted molar refractivity (Wildman–Crippen MR) is 296 cm³/mol. The van der Waals surface area contributed by atoms with Gasteiger partial charge >= 0.3 is 5.97 Å². The lowest BCUT2D eigenvalue weighted by molar-refractivity contribution is -0.266. The molecule has 3 N–H and O–H groups in total. The van der Waals surface area contributed by atoms with Gasteiger partial charge in [-0.25, -0.2) is 4.79 Å². The van der Waals surface area contributed by atoms with Gasteiger partial charge in [-0.15, -0.1) is 0 Å². The molecule has 0 aromatic rings. The summed E-state index contributed by atoms with van der Waals surface area (Å²) in [4.78, 5) is 59.3. The van der Waals surface area contributed by atoms with E-state index in [4.69, 9.17) is 28.4 Å². The van der Waals surface area contributed by atoms with Gasteiger partial charge < -0.3 is 48.6 Å². The van der Waals surface area contributed by atoms with Crippen LogP contribution in [-0.4, -0.2) is 142 Å². The number of hydrogen-bond donors (Lipinski definition) is 3. The van der Waals surface area contributed by atoms with Crippen molar-refractivity contribution in [2.45, 2.75) is 212 Å². The Kier molecular flexibility index (Phi) is 25.9. The molecule has 3 fully saturated rings. The van der Waals surface area contributed by atoms with Crippen LogP contribution in [0.5, 0.6) is 0 Å². The first-order chi connectivity index (χ1) is 35.0. The standard InChI is InChI=1S/C59H94INO13/c1-38-20-13-14-21-39(2)50(71-30-18-17-29-62)36-47-24-23-44(7)59(68,74-47)54(65)55(66)61-28-16-15-22-48(61)56(67)73-51(42(5)34-46-25-26-57(9,52(35-46)69-11)72-31-19-27-60)37-49(63)41(4)33-43(6)53(64)58(10,70-12)45(8)40(3)32-38/h13-14,20-21,33,40-42,44,46-48,50-53,62,64,68H,8,15-19,22-32,34-37H2,1-7,9-12H3/b14-13+,38-20-,39-21+,43-33+/t40?,41-,42-,44-,46+,47+,48?,50+,51+,52-,53?,57+,58-,59?/m1/s1. The fraction of sp³-hybridized carbons (Fsp3) is 0.763. The molecule has 2 saturated heterocycles. The molecule has 0 spiro atoms. The molecule has 0 radical (unpaired) electrons. The van der Waals surface area contributed by atoms with E-state index in [0.29, 0.717) is 82.1 Å². The monoisotopic (exact) mass is 1150 g/mol. The van der Waals surface area contributed by atoms with Crippen LogP contribution in [0.15, 0.2) is 59.3 Å². The smallest absolute Gasteiger partial charge is 0.329 e. The van der Waals surface area contributed by atoms with Crippen LogP contribution in [0, 0.1) is 29.6 Å². The molecule has 2 bridgehead atoms. The van der Waals surface area contributed by atoms with Gasteiger partial charge in [0, 0.05) is 69.7 Å². The number of aliphatic hydroxyl groups is 3. The van der Waals surface area contributed by atoms with Crippen LogP contribution >= 0.6 is 22.6 Å². The molecule has 1 aliphatic carbocycles. The summed E-state index contributed by atoms with van der Waals surface area (Å²) in [7, 11) is 3.26. The van der Waals surface area contributed by atoms with Gasteiger partial charge in [0.15, 0.2) is 0 Å². The first-order valence-electron chi connectivity index (χ1n) is 27.5. The molecule has 1 saturated carbocycles. The number of nitrogens with zero attached hydrogens (tertiary/aromatic N) is 1. The number of ether oxygens (including phenoxy) is 6. The van der Waals surface area contributed by atoms with Crippen molar-refractivity contribution in [3.63, 3.8) is 0 Å². The number of rotatable bonds is 14. The van der Waals surface area contributed by atoms with Crippen molar-refractivity contribution in [3.05, 3.63) is 59.3 Å². The zero-order valence-electron chi connectivity index (χ0n) is 46.8. The molecule has 0 aromatic heterocycles. The normalized spacial score (nSPS) is 38.2. The highest BCUT2D eigenvalue weighted by atomic mass is 127. The van der Waals surface area contributed by atoms with Crippen molar-refractivity contribution < 1.29 is 62.9 Å². The highest BCUT2D eigenvalue weighted by molar-refractivity contribution is 14.1. The molecule has 3 aliphatic heterocycles. The summed E-state index contributed by atoms with van der Waals surface area (Å²) >= 11 is 2.35. The Morgan fingerprint density at radius 2 is 1.64 bits per heavy atom. The van der Waals surface area contributed by atoms with Crippen LogP contribution in [-0.2, 0) is 47.6 Å². The number of piperidine rings is 1. The van der Waals surface area contributed by atoms with Crippen molar-refractivity contribution in [1.29, 1.82) is 0 Å². The van der Waals surface area contributed by atoms with Gasteiger partial charge in [0.1, 0.15) is 29.6 Å². The minimum absolute atomic E-state index is 0.0393. The third kappa shape index (κ3) is 16.9. The van der Waals surface area contributed by atoms with Gasteiger partial charge in [0.05, 0.1) is 23.9 Å². The number of unbranched alkanes of at least 4 members (excludes halogenated alkanes) is 1. The number of esters is 1. The molecule has 1 amide bonds. The highest BCUT2D eigenvalue weighted by Crippen LogP contribution is 2.42. The van der Waals surface area contributed by atoms with E-state index in [1.807, 2.05) is 52.0 Å². The SMILES string of the molecule is C=C1C(C)C\C(C)=C/C=C/C=C(\C)[C@@H](OCCCCO)C[C@@H]2CC[C@@H](C)C(O)(O2)C(=O)C(=O)N2CCCCC2C(=O)O[C@H]([C@H](C)C[C@@H]2CC[C@](C)(OCCCI)[C@H](OC)C2)CC(=O)[C@H](C)/C=C(\C)C(O)[C@]1(C)OC. The molecule has 3 heterocycles. The van der Waals surface area contributed by atoms with Crippen LogP contribution in [0.25, 0.3) is 0 Å². The zero-order chi connectivity index (χ0) is 55.0. The minimum atomic E-state index is -2.45. The van der Waals surface area contributed by atoms with Gasteiger partial charge in [-0.05, 0) is 153 Å². The number of methoxy groups -OCH3 is 2. The Morgan fingerprint density at radius 1 is 0.919 bits per heavy atom. The average Bonchev–Trinajstić information content (AvgIpc) is 3.38. The van der Waals surface area contributed by atoms with Crippen LogP contribution < -0.4 is 0 Å². The number of fused-ring (bicyclic) bond motifs is 3. The molecule has 15 heteroatoms. The first kappa shape index (κ1) is 63.9. The number of carbonyl (C=O) groups is 4. The number of aliphatic hydroxyl groups excluding tert-OH is 2. The predicted octanol–water partition coefficient (Wildman–Crippen LogP) is 9.69. The van der Waals surface area contributed by atoms with Crippen LogP contribution in [0.3, 0.4) is 0 Å². The summed E-state index contributed by atoms with van der Waals surface area (Å²) in [6.07, 6.45) is 14.6. The number of allylic oxidation sites excluding steroid dienone is 6. The van der Waals surface area contributed by atoms with Gasteiger partial charge in [-0.2, -0.15) is 0 Å². The molecular formula is C59H94INO13. The maximum atomic E-state index is 14.7. The number of alkyl halides is 1. The van der Waals surface area contributed by atoms with Gasteiger partial charge in [0.25, 0.3) is 11.7 Å².